The minimum atomic E-state index is 0.535. The van der Waals surface area contributed by atoms with Crippen LogP contribution in [0.15, 0.2) is 164 Å². The highest BCUT2D eigenvalue weighted by Crippen LogP contribution is 2.58. The van der Waals surface area contributed by atoms with Crippen LogP contribution in [0, 0.1) is 5.92 Å². The summed E-state index contributed by atoms with van der Waals surface area (Å²) in [5.74, 6) is 1.30. The number of nitrogens with zero attached hydrogens (tertiary/aromatic N) is 1. The predicted molar refractivity (Wildman–Crippen MR) is 230 cm³/mol. The van der Waals surface area contributed by atoms with Gasteiger partial charge in [0.25, 0.3) is 0 Å². The molecule has 7 aromatic carbocycles. The van der Waals surface area contributed by atoms with E-state index in [9.17, 15) is 0 Å². The lowest BCUT2D eigenvalue weighted by Gasteiger charge is -2.27. The molecule has 0 saturated carbocycles. The summed E-state index contributed by atoms with van der Waals surface area (Å²) in [7, 11) is 0. The molecule has 0 fully saturated rings. The zero-order valence-corrected chi connectivity index (χ0v) is 30.0. The Hall–Kier alpha value is -6.64. The number of rotatable bonds is 5. The largest absolute Gasteiger partial charge is 0.384 e. The third-order valence-electron chi connectivity index (χ3n) is 12.2. The summed E-state index contributed by atoms with van der Waals surface area (Å²) in [5.41, 5.74) is 25.7. The molecule has 0 radical (unpaired) electrons. The zero-order chi connectivity index (χ0) is 35.9. The van der Waals surface area contributed by atoms with Gasteiger partial charge in [0.1, 0.15) is 5.82 Å². The summed E-state index contributed by atoms with van der Waals surface area (Å²) >= 11 is 0. The van der Waals surface area contributed by atoms with Gasteiger partial charge in [0.05, 0.1) is 0 Å². The number of fused-ring (bicyclic) bond motifs is 6. The molecular weight excluding hydrogens is 653 g/mol. The van der Waals surface area contributed by atoms with Crippen LogP contribution in [0.3, 0.4) is 0 Å². The van der Waals surface area contributed by atoms with Crippen molar-refractivity contribution in [1.29, 1.82) is 0 Å². The molecule has 1 heterocycles. The molecule has 2 nitrogen and oxygen atoms in total. The summed E-state index contributed by atoms with van der Waals surface area (Å²) in [6.07, 6.45) is 12.2. The molecule has 54 heavy (non-hydrogen) atoms. The van der Waals surface area contributed by atoms with Crippen LogP contribution in [0.1, 0.15) is 29.7 Å². The average molecular weight is 691 g/mol. The first-order valence-electron chi connectivity index (χ1n) is 19.1. The predicted octanol–water partition coefficient (Wildman–Crippen LogP) is 13.6. The van der Waals surface area contributed by atoms with E-state index in [4.69, 9.17) is 5.73 Å². The van der Waals surface area contributed by atoms with Gasteiger partial charge < -0.3 is 5.73 Å². The quantitative estimate of drug-likeness (QED) is 0.191. The number of aromatic nitrogens is 1. The molecule has 256 valence electrons. The van der Waals surface area contributed by atoms with Gasteiger partial charge in [-0.25, -0.2) is 0 Å². The number of nitrogens with two attached hydrogens (primary N) is 1. The Morgan fingerprint density at radius 1 is 0.593 bits per heavy atom. The Labute approximate surface area is 315 Å². The van der Waals surface area contributed by atoms with Crippen molar-refractivity contribution in [1.82, 2.24) is 4.57 Å². The highest BCUT2D eigenvalue weighted by molar-refractivity contribution is 6.28. The first-order valence-corrected chi connectivity index (χ1v) is 19.1. The van der Waals surface area contributed by atoms with Gasteiger partial charge in [0.15, 0.2) is 0 Å². The fourth-order valence-corrected chi connectivity index (χ4v) is 9.81. The number of allylic oxidation sites excluding steroid dienone is 3. The van der Waals surface area contributed by atoms with E-state index < -0.39 is 0 Å². The molecule has 1 atom stereocenters. The molecule has 1 unspecified atom stereocenters. The standard InChI is InChI=1S/C52H38N2/c1-2-38-45-30-35-18-9-10-19-36(35)31-46(45)54(52(38)53)37-26-24-32(25-27-37)39-28-29-44-49-40(39)22-13-23-43(49)50-47(33-14-5-3-6-15-33)41-20-11-12-21-42(41)48(51(44)50)34-16-7-4-8-17-34/h2-9,11-18,20-30,36H,1,10,19,31,53H2. The maximum absolute atomic E-state index is 6.91. The SMILES string of the molecule is C=Cc1c2c(n(-c3ccc(-c4ccc5c6c(cccc46)-c4c-5c(-c5ccccc5)c5ccccc5c4-c4ccccc4)cc3)c1N)CC1CCC=CC1=C2. The van der Waals surface area contributed by atoms with Crippen molar-refractivity contribution in [3.8, 4) is 61.3 Å². The van der Waals surface area contributed by atoms with E-state index in [0.717, 1.165) is 29.9 Å². The van der Waals surface area contributed by atoms with E-state index >= 15 is 0 Å². The van der Waals surface area contributed by atoms with Crippen LogP contribution in [-0.2, 0) is 6.42 Å². The number of hydrogen-bond donors (Lipinski definition) is 1. The molecule has 11 rings (SSSR count). The van der Waals surface area contributed by atoms with Crippen molar-refractivity contribution >= 4 is 39.5 Å². The van der Waals surface area contributed by atoms with Gasteiger partial charge in [-0.2, -0.15) is 0 Å². The van der Waals surface area contributed by atoms with E-state index in [2.05, 4.69) is 169 Å². The molecule has 2 N–H and O–H groups in total. The fraction of sp³-hybridized carbons (Fsp3) is 0.0769. The Bertz CT molecular complexity index is 2810. The van der Waals surface area contributed by atoms with Gasteiger partial charge in [-0.3, -0.25) is 4.57 Å². The second-order valence-electron chi connectivity index (χ2n) is 14.9. The normalized spacial score (nSPS) is 15.2. The number of benzene rings is 7. The summed E-state index contributed by atoms with van der Waals surface area (Å²) < 4.78 is 2.27. The Balaban J connectivity index is 1.11. The molecule has 0 aliphatic heterocycles. The number of nitrogen functional groups attached to an aromatic ring is 1. The fourth-order valence-electron chi connectivity index (χ4n) is 9.81. The van der Waals surface area contributed by atoms with Crippen LogP contribution in [0.2, 0.25) is 0 Å². The summed E-state index contributed by atoms with van der Waals surface area (Å²) in [4.78, 5) is 0. The monoisotopic (exact) mass is 690 g/mol. The Morgan fingerprint density at radius 2 is 1.20 bits per heavy atom. The van der Waals surface area contributed by atoms with Crippen LogP contribution in [0.25, 0.3) is 95.0 Å². The Kier molecular flexibility index (Phi) is 6.84. The zero-order valence-electron chi connectivity index (χ0n) is 30.0. The van der Waals surface area contributed by atoms with Crippen LogP contribution in [0.5, 0.6) is 0 Å². The molecule has 0 amide bonds. The lowest BCUT2D eigenvalue weighted by Crippen LogP contribution is -2.17. The lowest BCUT2D eigenvalue weighted by atomic mass is 9.80. The maximum atomic E-state index is 6.91. The molecule has 0 spiro atoms. The second-order valence-corrected chi connectivity index (χ2v) is 14.9. The van der Waals surface area contributed by atoms with Gasteiger partial charge in [-0.15, -0.1) is 0 Å². The van der Waals surface area contributed by atoms with Crippen molar-refractivity contribution in [2.24, 2.45) is 5.92 Å². The molecular formula is C52H38N2. The lowest BCUT2D eigenvalue weighted by molar-refractivity contribution is 0.546. The van der Waals surface area contributed by atoms with E-state index in [1.807, 2.05) is 6.08 Å². The van der Waals surface area contributed by atoms with Gasteiger partial charge >= 0.3 is 0 Å². The van der Waals surface area contributed by atoms with Crippen LogP contribution in [-0.4, -0.2) is 4.57 Å². The third-order valence-corrected chi connectivity index (χ3v) is 12.2. The van der Waals surface area contributed by atoms with Crippen molar-refractivity contribution in [2.45, 2.75) is 19.3 Å². The first kappa shape index (κ1) is 30.9. The Morgan fingerprint density at radius 3 is 1.87 bits per heavy atom. The molecule has 3 aliphatic carbocycles. The van der Waals surface area contributed by atoms with Crippen LogP contribution < -0.4 is 5.73 Å². The van der Waals surface area contributed by atoms with Crippen molar-refractivity contribution < 1.29 is 0 Å². The number of hydrogen-bond acceptors (Lipinski definition) is 1. The minimum absolute atomic E-state index is 0.535. The van der Waals surface area contributed by atoms with Crippen LogP contribution >= 0.6 is 0 Å². The van der Waals surface area contributed by atoms with E-state index in [1.54, 1.807) is 0 Å². The highest BCUT2D eigenvalue weighted by atomic mass is 15.1. The maximum Gasteiger partial charge on any atom is 0.116 e. The van der Waals surface area contributed by atoms with Gasteiger partial charge in [0.2, 0.25) is 0 Å². The topological polar surface area (TPSA) is 30.9 Å². The second kappa shape index (κ2) is 11.9. The highest BCUT2D eigenvalue weighted by Gasteiger charge is 2.32. The summed E-state index contributed by atoms with van der Waals surface area (Å²) in [6, 6.07) is 51.4. The van der Waals surface area contributed by atoms with Gasteiger partial charge in [-0.1, -0.05) is 152 Å². The van der Waals surface area contributed by atoms with Crippen LogP contribution in [0.4, 0.5) is 5.82 Å². The molecule has 0 saturated heterocycles. The minimum Gasteiger partial charge on any atom is -0.384 e. The third kappa shape index (κ3) is 4.40. The number of anilines is 1. The van der Waals surface area contributed by atoms with Crippen molar-refractivity contribution in [2.75, 3.05) is 5.73 Å². The molecule has 1 aromatic heterocycles. The van der Waals surface area contributed by atoms with E-state index in [1.165, 1.54) is 100 Å². The summed E-state index contributed by atoms with van der Waals surface area (Å²) in [5, 5.41) is 5.15. The molecule has 2 heteroatoms. The smallest absolute Gasteiger partial charge is 0.116 e. The van der Waals surface area contributed by atoms with Gasteiger partial charge in [0, 0.05) is 22.5 Å². The summed E-state index contributed by atoms with van der Waals surface area (Å²) in [6.45, 7) is 4.15. The molecule has 8 aromatic rings. The molecule has 3 aliphatic rings. The first-order chi connectivity index (χ1) is 26.7. The van der Waals surface area contributed by atoms with E-state index in [-0.39, 0.29) is 0 Å². The molecule has 0 bridgehead atoms. The van der Waals surface area contributed by atoms with Gasteiger partial charge in [-0.05, 0) is 126 Å². The van der Waals surface area contributed by atoms with Crippen molar-refractivity contribution in [3.63, 3.8) is 0 Å². The average Bonchev–Trinajstić information content (AvgIpc) is 3.70. The van der Waals surface area contributed by atoms with Crippen molar-refractivity contribution in [3.05, 3.63) is 181 Å². The van der Waals surface area contributed by atoms with E-state index in [0.29, 0.717) is 5.92 Å².